The standard InChI is InChI=1S/C15H27N3/c1-12-6-8-18(13(2)9-12)14-5-4-7-15(10-14,11-16)17-3/h12-14,17H,4-10H2,1-3H3. The lowest BCUT2D eigenvalue weighted by Crippen LogP contribution is -2.55. The summed E-state index contributed by atoms with van der Waals surface area (Å²) in [4.78, 5) is 2.67. The molecule has 1 saturated carbocycles. The molecule has 0 aromatic carbocycles. The predicted octanol–water partition coefficient (Wildman–Crippen LogP) is 2.53. The summed E-state index contributed by atoms with van der Waals surface area (Å²) >= 11 is 0. The van der Waals surface area contributed by atoms with E-state index in [9.17, 15) is 5.26 Å². The fourth-order valence-corrected chi connectivity index (χ4v) is 3.88. The maximum absolute atomic E-state index is 9.43. The van der Waals surface area contributed by atoms with E-state index in [1.807, 2.05) is 7.05 Å². The Balaban J connectivity index is 2.03. The van der Waals surface area contributed by atoms with Gasteiger partial charge in [-0.25, -0.2) is 0 Å². The van der Waals surface area contributed by atoms with Crippen LogP contribution in [-0.2, 0) is 0 Å². The molecule has 0 bridgehead atoms. The molecular formula is C15H27N3. The number of nitriles is 1. The summed E-state index contributed by atoms with van der Waals surface area (Å²) in [7, 11) is 1.94. The molecule has 1 heterocycles. The quantitative estimate of drug-likeness (QED) is 0.817. The second-order valence-electron chi connectivity index (χ2n) is 6.41. The lowest BCUT2D eigenvalue weighted by Gasteiger charge is -2.46. The number of rotatable bonds is 2. The molecule has 1 N–H and O–H groups in total. The number of piperidine rings is 1. The summed E-state index contributed by atoms with van der Waals surface area (Å²) in [6.45, 7) is 5.94. The van der Waals surface area contributed by atoms with E-state index in [0.29, 0.717) is 12.1 Å². The van der Waals surface area contributed by atoms with Crippen LogP contribution in [0.25, 0.3) is 0 Å². The summed E-state index contributed by atoms with van der Waals surface area (Å²) in [5, 5.41) is 12.7. The van der Waals surface area contributed by atoms with Crippen molar-refractivity contribution in [2.75, 3.05) is 13.6 Å². The van der Waals surface area contributed by atoms with Gasteiger partial charge in [-0.15, -0.1) is 0 Å². The topological polar surface area (TPSA) is 39.1 Å². The zero-order valence-corrected chi connectivity index (χ0v) is 12.1. The molecule has 18 heavy (non-hydrogen) atoms. The van der Waals surface area contributed by atoms with Gasteiger partial charge >= 0.3 is 0 Å². The highest BCUT2D eigenvalue weighted by molar-refractivity contribution is 5.11. The number of hydrogen-bond donors (Lipinski definition) is 1. The van der Waals surface area contributed by atoms with Crippen LogP contribution in [0.5, 0.6) is 0 Å². The summed E-state index contributed by atoms with van der Waals surface area (Å²) in [6, 6.07) is 3.81. The van der Waals surface area contributed by atoms with Crippen LogP contribution < -0.4 is 5.32 Å². The Morgan fingerprint density at radius 3 is 2.72 bits per heavy atom. The van der Waals surface area contributed by atoms with Gasteiger partial charge in [-0.2, -0.15) is 5.26 Å². The summed E-state index contributed by atoms with van der Waals surface area (Å²) < 4.78 is 0. The van der Waals surface area contributed by atoms with Crippen molar-refractivity contribution in [3.63, 3.8) is 0 Å². The molecule has 0 aromatic rings. The maximum Gasteiger partial charge on any atom is 0.108 e. The smallest absolute Gasteiger partial charge is 0.108 e. The van der Waals surface area contributed by atoms with Crippen molar-refractivity contribution < 1.29 is 0 Å². The molecule has 1 aliphatic carbocycles. The van der Waals surface area contributed by atoms with E-state index in [1.165, 1.54) is 32.2 Å². The Kier molecular flexibility index (Phi) is 4.29. The third kappa shape index (κ3) is 2.70. The highest BCUT2D eigenvalue weighted by Gasteiger charge is 2.39. The van der Waals surface area contributed by atoms with E-state index in [2.05, 4.69) is 30.1 Å². The minimum absolute atomic E-state index is 0.272. The molecule has 2 aliphatic rings. The largest absolute Gasteiger partial charge is 0.302 e. The lowest BCUT2D eigenvalue weighted by atomic mass is 9.78. The molecule has 0 spiro atoms. The van der Waals surface area contributed by atoms with Crippen molar-refractivity contribution in [1.29, 1.82) is 5.26 Å². The first-order valence-electron chi connectivity index (χ1n) is 7.46. The molecule has 3 nitrogen and oxygen atoms in total. The Morgan fingerprint density at radius 2 is 2.11 bits per heavy atom. The Morgan fingerprint density at radius 1 is 1.33 bits per heavy atom. The van der Waals surface area contributed by atoms with Crippen LogP contribution in [-0.4, -0.2) is 36.1 Å². The normalized spacial score (nSPS) is 42.4. The van der Waals surface area contributed by atoms with Crippen LogP contribution in [0.1, 0.15) is 52.4 Å². The van der Waals surface area contributed by atoms with Gasteiger partial charge in [0.15, 0.2) is 0 Å². The highest BCUT2D eigenvalue weighted by atomic mass is 15.2. The molecule has 102 valence electrons. The summed E-state index contributed by atoms with van der Waals surface area (Å²) in [6.07, 6.45) is 7.09. The molecule has 0 aromatic heterocycles. The number of nitrogens with one attached hydrogen (secondary N) is 1. The van der Waals surface area contributed by atoms with Gasteiger partial charge in [-0.1, -0.05) is 6.92 Å². The zero-order valence-electron chi connectivity index (χ0n) is 12.1. The van der Waals surface area contributed by atoms with Crippen LogP contribution >= 0.6 is 0 Å². The van der Waals surface area contributed by atoms with E-state index in [-0.39, 0.29) is 5.54 Å². The van der Waals surface area contributed by atoms with Crippen LogP contribution in [0.15, 0.2) is 0 Å². The number of hydrogen-bond acceptors (Lipinski definition) is 3. The maximum atomic E-state index is 9.43. The fraction of sp³-hybridized carbons (Fsp3) is 0.933. The molecule has 0 radical (unpaired) electrons. The molecule has 4 unspecified atom stereocenters. The Labute approximate surface area is 112 Å². The van der Waals surface area contributed by atoms with E-state index in [0.717, 1.165) is 18.8 Å². The fourth-order valence-electron chi connectivity index (χ4n) is 3.88. The SMILES string of the molecule is CNC1(C#N)CCCC(N2CCC(C)CC2C)C1. The van der Waals surface area contributed by atoms with Crippen molar-refractivity contribution in [3.05, 3.63) is 0 Å². The molecular weight excluding hydrogens is 222 g/mol. The number of likely N-dealkylation sites (tertiary alicyclic amines) is 1. The third-order valence-corrected chi connectivity index (χ3v) is 5.08. The van der Waals surface area contributed by atoms with Crippen LogP contribution in [0.4, 0.5) is 0 Å². The van der Waals surface area contributed by atoms with Crippen LogP contribution in [0.2, 0.25) is 0 Å². The predicted molar refractivity (Wildman–Crippen MR) is 74.2 cm³/mol. The second kappa shape index (κ2) is 5.59. The first kappa shape index (κ1) is 13.8. The van der Waals surface area contributed by atoms with E-state index in [1.54, 1.807) is 0 Å². The highest BCUT2D eigenvalue weighted by Crippen LogP contribution is 2.34. The van der Waals surface area contributed by atoms with Crippen molar-refractivity contribution in [2.24, 2.45) is 5.92 Å². The second-order valence-corrected chi connectivity index (χ2v) is 6.41. The molecule has 1 saturated heterocycles. The average molecular weight is 249 g/mol. The minimum atomic E-state index is -0.272. The molecule has 3 heteroatoms. The van der Waals surface area contributed by atoms with Crippen LogP contribution in [0, 0.1) is 17.2 Å². The first-order valence-corrected chi connectivity index (χ1v) is 7.46. The van der Waals surface area contributed by atoms with Gasteiger partial charge in [0.2, 0.25) is 0 Å². The van der Waals surface area contributed by atoms with Gasteiger partial charge < -0.3 is 5.32 Å². The van der Waals surface area contributed by atoms with Gasteiger partial charge in [0.1, 0.15) is 5.54 Å². The first-order chi connectivity index (χ1) is 8.60. The number of nitrogens with zero attached hydrogens (tertiary/aromatic N) is 2. The minimum Gasteiger partial charge on any atom is -0.302 e. The van der Waals surface area contributed by atoms with Crippen molar-refractivity contribution in [2.45, 2.75) is 70.0 Å². The monoisotopic (exact) mass is 249 g/mol. The molecule has 2 rings (SSSR count). The van der Waals surface area contributed by atoms with E-state index in [4.69, 9.17) is 0 Å². The van der Waals surface area contributed by atoms with Gasteiger partial charge in [0, 0.05) is 12.1 Å². The Hall–Kier alpha value is -0.590. The third-order valence-electron chi connectivity index (χ3n) is 5.08. The van der Waals surface area contributed by atoms with Crippen molar-refractivity contribution >= 4 is 0 Å². The molecule has 2 fully saturated rings. The molecule has 1 aliphatic heterocycles. The van der Waals surface area contributed by atoms with E-state index < -0.39 is 0 Å². The summed E-state index contributed by atoms with van der Waals surface area (Å²) in [5.41, 5.74) is -0.272. The van der Waals surface area contributed by atoms with Gasteiger partial charge in [0.25, 0.3) is 0 Å². The Bertz CT molecular complexity index is 322. The van der Waals surface area contributed by atoms with Crippen molar-refractivity contribution in [1.82, 2.24) is 10.2 Å². The molecule has 0 amide bonds. The van der Waals surface area contributed by atoms with Crippen LogP contribution in [0.3, 0.4) is 0 Å². The lowest BCUT2D eigenvalue weighted by molar-refractivity contribution is 0.0471. The average Bonchev–Trinajstić information content (AvgIpc) is 2.38. The zero-order chi connectivity index (χ0) is 13.2. The van der Waals surface area contributed by atoms with E-state index >= 15 is 0 Å². The van der Waals surface area contributed by atoms with Gasteiger partial charge in [0.05, 0.1) is 6.07 Å². The van der Waals surface area contributed by atoms with Gasteiger partial charge in [-0.3, -0.25) is 4.90 Å². The van der Waals surface area contributed by atoms with Gasteiger partial charge in [-0.05, 0) is 65.0 Å². The molecule has 4 atom stereocenters. The van der Waals surface area contributed by atoms with Crippen molar-refractivity contribution in [3.8, 4) is 6.07 Å². The summed E-state index contributed by atoms with van der Waals surface area (Å²) in [5.74, 6) is 0.866.